The second-order valence-corrected chi connectivity index (χ2v) is 43.3. The third kappa shape index (κ3) is 9.41. The van der Waals surface area contributed by atoms with Gasteiger partial charge in [-0.25, -0.2) is 0 Å². The molecule has 25 nitrogen and oxygen atoms in total. The Kier molecular flexibility index (Phi) is 13.8. The van der Waals surface area contributed by atoms with Crippen LogP contribution in [0.25, 0.3) is 0 Å². The molecule has 4 fully saturated rings. The molecule has 0 radical (unpaired) electrons. The average Bonchev–Trinajstić information content (AvgIpc) is 3.03. The van der Waals surface area contributed by atoms with Crippen molar-refractivity contribution >= 4 is 98.1 Å². The van der Waals surface area contributed by atoms with Gasteiger partial charge in [0.05, 0.1) is 5.67 Å². The zero-order valence-corrected chi connectivity index (χ0v) is 41.5. The molecular formula is C15H46O25Si11. The van der Waals surface area contributed by atoms with Crippen molar-refractivity contribution in [1.82, 2.24) is 0 Å². The van der Waals surface area contributed by atoms with E-state index in [2.05, 4.69) is 0 Å². The van der Waals surface area contributed by atoms with Crippen LogP contribution in [-0.2, 0) is 97.8 Å². The lowest BCUT2D eigenvalue weighted by atomic mass is 11.8. The fraction of sp³-hybridized carbons (Fsp3) is 1.00. The van der Waals surface area contributed by atoms with Crippen molar-refractivity contribution in [3.8, 4) is 0 Å². The predicted molar refractivity (Wildman–Crippen MR) is 180 cm³/mol. The molecule has 2 N–H and O–H groups in total. The molecule has 4 aliphatic heterocycles. The summed E-state index contributed by atoms with van der Waals surface area (Å²) in [7, 11) is -36.7. The Hall–Kier alpha value is 1.39. The molecule has 0 aromatic carbocycles. The lowest BCUT2D eigenvalue weighted by Crippen LogP contribution is -2.88. The van der Waals surface area contributed by atoms with Crippen LogP contribution < -0.4 is 0 Å². The van der Waals surface area contributed by atoms with Crippen molar-refractivity contribution in [2.24, 2.45) is 0 Å². The van der Waals surface area contributed by atoms with Crippen LogP contribution in [0.1, 0.15) is 0 Å². The molecule has 4 heterocycles. The summed E-state index contributed by atoms with van der Waals surface area (Å²) in [5, 5.41) is 0. The molecule has 6 unspecified atom stereocenters. The van der Waals surface area contributed by atoms with E-state index < -0.39 is 104 Å². The number of fused-ring (bicyclic) bond motifs is 4. The van der Waals surface area contributed by atoms with Crippen LogP contribution in [0, 0.1) is 0 Å². The molecule has 4 saturated heterocycles. The third-order valence-electron chi connectivity index (χ3n) is 6.82. The van der Waals surface area contributed by atoms with E-state index in [4.69, 9.17) is 97.8 Å². The molecule has 0 amide bonds. The largest absolute Gasteiger partial charge is 0.673 e. The fourth-order valence-electron chi connectivity index (χ4n) is 4.62. The maximum Gasteiger partial charge on any atom is 0.673 e. The molecular weight excluding hydrogens is 889 g/mol. The van der Waals surface area contributed by atoms with E-state index in [1.54, 1.807) is 19.6 Å². The highest BCUT2D eigenvalue weighted by molar-refractivity contribution is 7.01. The van der Waals surface area contributed by atoms with Crippen LogP contribution in [0.4, 0.5) is 0 Å². The topological polar surface area (TPSA) is 253 Å². The van der Waals surface area contributed by atoms with Gasteiger partial charge in [0.25, 0.3) is 0 Å². The molecule has 0 spiro atoms. The Morgan fingerprint density at radius 3 is 1.51 bits per heavy atom. The van der Waals surface area contributed by atoms with Gasteiger partial charge >= 0.3 is 89.7 Å². The van der Waals surface area contributed by atoms with E-state index >= 15 is 0 Å². The summed E-state index contributed by atoms with van der Waals surface area (Å²) in [5.74, 6) is 0. The number of rotatable bonds is 18. The normalized spacial score (nSPS) is 38.1. The Labute approximate surface area is 307 Å². The highest BCUT2D eigenvalue weighted by Crippen LogP contribution is 2.48. The minimum Gasteiger partial charge on any atom is -0.396 e. The molecule has 300 valence electrons. The van der Waals surface area contributed by atoms with Crippen LogP contribution in [0.2, 0.25) is 31.9 Å². The Morgan fingerprint density at radius 2 is 1.06 bits per heavy atom. The second kappa shape index (κ2) is 15.6. The minimum absolute atomic E-state index is 0.494. The molecule has 4 rings (SSSR count). The first-order valence-electron chi connectivity index (χ1n) is 14.6. The molecule has 0 aromatic heterocycles. The van der Waals surface area contributed by atoms with E-state index in [1.807, 2.05) is 0 Å². The SMILES string of the molecule is CO[Si]1(C)O[Si]2(O)C[Si](OC)(O1)O[Si]1(O[Si](O)(OC)OC)O[Si](OC)(O2)O[Si](O[Si](C)(C)C)(O[Si]2(O[Si](OC)(OC)OC)O[Si](OC)(OC)O2)O1. The van der Waals surface area contributed by atoms with Crippen LogP contribution in [0.5, 0.6) is 0 Å². The monoisotopic (exact) mass is 934 g/mol. The van der Waals surface area contributed by atoms with Gasteiger partial charge in [-0.05, 0) is 19.6 Å². The first-order valence-corrected chi connectivity index (χ1v) is 35.6. The Morgan fingerprint density at radius 1 is 0.510 bits per heavy atom. The van der Waals surface area contributed by atoms with Gasteiger partial charge in [-0.15, -0.1) is 0 Å². The molecule has 36 heteroatoms. The fourth-order valence-corrected chi connectivity index (χ4v) is 50.3. The summed E-state index contributed by atoms with van der Waals surface area (Å²) >= 11 is 0. The van der Waals surface area contributed by atoms with Crippen molar-refractivity contribution in [2.75, 3.05) is 71.1 Å². The molecule has 0 aliphatic carbocycles. The van der Waals surface area contributed by atoms with Gasteiger partial charge in [0.2, 0.25) is 0 Å². The quantitative estimate of drug-likeness (QED) is 0.136. The van der Waals surface area contributed by atoms with Crippen LogP contribution in [0.3, 0.4) is 0 Å². The standard InChI is InChI=1S/C15H46O25Si11/c1-18-42(14)29-43(16)15-44(19-2,30-42)32-50(33-45(17,20-3)21-4)38-48(27-10,31-43)37-49(39-50,28-41(11,12)13)40-51(34-46(22-5,23-6)24-7)35-47(25-8,26-9)36-51/h16-17H,15H2,1-14H3. The lowest BCUT2D eigenvalue weighted by molar-refractivity contribution is -0.115. The Bertz CT molecular complexity index is 1200. The minimum atomic E-state index is -5.29. The third-order valence-corrected chi connectivity index (χ3v) is 45.2. The second-order valence-electron chi connectivity index (χ2n) is 11.4. The van der Waals surface area contributed by atoms with Crippen molar-refractivity contribution in [1.29, 1.82) is 0 Å². The first kappa shape index (κ1) is 45.1. The lowest BCUT2D eigenvalue weighted by Gasteiger charge is -2.56. The van der Waals surface area contributed by atoms with Crippen LogP contribution in [-0.4, -0.2) is 179 Å². The number of hydrogen-bond donors (Lipinski definition) is 2. The van der Waals surface area contributed by atoms with Crippen molar-refractivity contribution in [2.45, 2.75) is 31.9 Å². The van der Waals surface area contributed by atoms with Crippen molar-refractivity contribution < 1.29 is 107 Å². The van der Waals surface area contributed by atoms with E-state index in [9.17, 15) is 9.59 Å². The van der Waals surface area contributed by atoms with Gasteiger partial charge < -0.3 is 107 Å². The summed E-state index contributed by atoms with van der Waals surface area (Å²) in [6.07, 6.45) is 0. The summed E-state index contributed by atoms with van der Waals surface area (Å²) in [5.41, 5.74) is -0.494. The van der Waals surface area contributed by atoms with Crippen LogP contribution >= 0.6 is 0 Å². The first-order chi connectivity index (χ1) is 23.5. The molecule has 4 bridgehead atoms. The van der Waals surface area contributed by atoms with Crippen LogP contribution in [0.15, 0.2) is 0 Å². The summed E-state index contributed by atoms with van der Waals surface area (Å²) < 4.78 is 137. The van der Waals surface area contributed by atoms with E-state index in [1.165, 1.54) is 56.3 Å². The van der Waals surface area contributed by atoms with Gasteiger partial charge in [0, 0.05) is 77.6 Å². The maximum absolute atomic E-state index is 12.0. The smallest absolute Gasteiger partial charge is 0.396 e. The zero-order valence-electron chi connectivity index (χ0n) is 30.5. The van der Waals surface area contributed by atoms with Gasteiger partial charge in [-0.3, -0.25) is 0 Å². The molecule has 51 heavy (non-hydrogen) atoms. The average molecular weight is 935 g/mol. The molecule has 4 aliphatic rings. The number of hydrogen-bond acceptors (Lipinski definition) is 25. The van der Waals surface area contributed by atoms with E-state index in [-0.39, 0.29) is 0 Å². The van der Waals surface area contributed by atoms with Gasteiger partial charge in [-0.1, -0.05) is 0 Å². The molecule has 0 saturated carbocycles. The molecule has 0 aromatic rings. The van der Waals surface area contributed by atoms with E-state index in [0.717, 1.165) is 21.3 Å². The zero-order chi connectivity index (χ0) is 38.5. The maximum atomic E-state index is 12.0. The van der Waals surface area contributed by atoms with E-state index in [0.29, 0.717) is 0 Å². The summed E-state index contributed by atoms with van der Waals surface area (Å²) in [4.78, 5) is 23.4. The van der Waals surface area contributed by atoms with Crippen molar-refractivity contribution in [3.63, 3.8) is 0 Å². The molecule has 6 atom stereocenters. The summed E-state index contributed by atoms with van der Waals surface area (Å²) in [6, 6.07) is 0. The van der Waals surface area contributed by atoms with Gasteiger partial charge in [-0.2, -0.15) is 0 Å². The summed E-state index contributed by atoms with van der Waals surface area (Å²) in [6.45, 7) is 6.72. The highest BCUT2D eigenvalue weighted by Gasteiger charge is 2.88. The van der Waals surface area contributed by atoms with Crippen molar-refractivity contribution in [3.05, 3.63) is 0 Å². The highest BCUT2D eigenvalue weighted by atomic mass is 28.6. The Balaban J connectivity index is 2.00. The predicted octanol–water partition coefficient (Wildman–Crippen LogP) is -2.42. The van der Waals surface area contributed by atoms with Gasteiger partial charge in [0.15, 0.2) is 8.32 Å². The van der Waals surface area contributed by atoms with Gasteiger partial charge in [0.1, 0.15) is 0 Å².